The maximum Gasteiger partial charge on any atom is 0.259 e. The number of benzene rings is 4. The number of phenols is 1. The van der Waals surface area contributed by atoms with E-state index < -0.39 is 0 Å². The number of nitrogens with zero attached hydrogens (tertiary/aromatic N) is 3. The lowest BCUT2D eigenvalue weighted by atomic mass is 10.1. The molecule has 0 saturated carbocycles. The van der Waals surface area contributed by atoms with Crippen molar-refractivity contribution >= 4 is 40.0 Å². The van der Waals surface area contributed by atoms with Crippen LogP contribution in [0.15, 0.2) is 100 Å². The van der Waals surface area contributed by atoms with E-state index >= 15 is 0 Å². The number of hydrogen-bond donors (Lipinski definition) is 3. The zero-order valence-electron chi connectivity index (χ0n) is 18.1. The number of hydrogen-bond acceptors (Lipinski definition) is 6. The van der Waals surface area contributed by atoms with Crippen LogP contribution in [0, 0.1) is 6.92 Å². The Balaban J connectivity index is 1.39. The number of azo groups is 1. The van der Waals surface area contributed by atoms with Crippen LogP contribution in [0.25, 0.3) is 10.8 Å². The Bertz CT molecular complexity index is 1330. The molecule has 0 bridgehead atoms. The Morgan fingerprint density at radius 3 is 2.58 bits per heavy atom. The molecule has 0 aliphatic carbocycles. The van der Waals surface area contributed by atoms with Gasteiger partial charge in [0.1, 0.15) is 5.75 Å². The van der Waals surface area contributed by atoms with Crippen molar-refractivity contribution in [1.82, 2.24) is 5.43 Å². The lowest BCUT2D eigenvalue weighted by Gasteiger charge is -2.05. The molecule has 7 heteroatoms. The Labute approximate surface area is 191 Å². The number of rotatable bonds is 7. The highest BCUT2D eigenvalue weighted by atomic mass is 16.3. The predicted molar refractivity (Wildman–Crippen MR) is 132 cm³/mol. The van der Waals surface area contributed by atoms with Gasteiger partial charge in [-0.25, -0.2) is 5.43 Å². The summed E-state index contributed by atoms with van der Waals surface area (Å²) in [5.41, 5.74) is 6.15. The number of nitrogens with one attached hydrogen (secondary N) is 2. The number of amides is 1. The van der Waals surface area contributed by atoms with Gasteiger partial charge in [0.2, 0.25) is 0 Å². The quantitative estimate of drug-likeness (QED) is 0.193. The van der Waals surface area contributed by atoms with Gasteiger partial charge in [-0.15, -0.1) is 5.11 Å². The van der Waals surface area contributed by atoms with Crippen LogP contribution in [-0.2, 0) is 4.79 Å². The van der Waals surface area contributed by atoms with Gasteiger partial charge in [-0.05, 0) is 48.7 Å². The summed E-state index contributed by atoms with van der Waals surface area (Å²) in [6.07, 6.45) is 1.37. The van der Waals surface area contributed by atoms with Gasteiger partial charge >= 0.3 is 0 Å². The Morgan fingerprint density at radius 1 is 0.939 bits per heavy atom. The number of aromatic hydroxyl groups is 1. The third-order valence-electron chi connectivity index (χ3n) is 4.95. The van der Waals surface area contributed by atoms with Gasteiger partial charge < -0.3 is 10.4 Å². The normalized spacial score (nSPS) is 11.3. The van der Waals surface area contributed by atoms with E-state index in [2.05, 4.69) is 26.1 Å². The molecule has 0 unspecified atom stereocenters. The van der Waals surface area contributed by atoms with Crippen molar-refractivity contribution in [2.45, 2.75) is 6.92 Å². The molecule has 3 N–H and O–H groups in total. The van der Waals surface area contributed by atoms with Crippen LogP contribution in [0.5, 0.6) is 5.75 Å². The fourth-order valence-corrected chi connectivity index (χ4v) is 3.18. The standard InChI is InChI=1S/C26H23N5O2/c1-18-9-11-21(12-10-18)27-17-26(33)31-28-16-20-15-22(13-14-25(20)32)29-30-24-8-4-6-19-5-2-3-7-23(19)24/h2-16,27,32H,17H2,1H3,(H,31,33). The summed E-state index contributed by atoms with van der Waals surface area (Å²) in [5.74, 6) is -0.284. The molecule has 0 heterocycles. The fraction of sp³-hybridized carbons (Fsp3) is 0.0769. The molecule has 0 spiro atoms. The number of aryl methyl sites for hydroxylation is 1. The second kappa shape index (κ2) is 10.2. The van der Waals surface area contributed by atoms with Crippen LogP contribution in [0.4, 0.5) is 17.1 Å². The molecule has 0 radical (unpaired) electrons. The number of carbonyl (C=O) groups excluding carboxylic acids is 1. The van der Waals surface area contributed by atoms with Crippen LogP contribution in [-0.4, -0.2) is 23.8 Å². The van der Waals surface area contributed by atoms with Crippen molar-refractivity contribution in [3.8, 4) is 5.75 Å². The molecule has 4 rings (SSSR count). The topological polar surface area (TPSA) is 98.4 Å². The van der Waals surface area contributed by atoms with E-state index in [4.69, 9.17) is 0 Å². The monoisotopic (exact) mass is 437 g/mol. The van der Waals surface area contributed by atoms with Crippen LogP contribution in [0.1, 0.15) is 11.1 Å². The molecule has 0 saturated heterocycles. The molecule has 0 aliphatic rings. The second-order valence-corrected chi connectivity index (χ2v) is 7.45. The summed E-state index contributed by atoms with van der Waals surface area (Å²) < 4.78 is 0. The lowest BCUT2D eigenvalue weighted by molar-refractivity contribution is -0.119. The summed E-state index contributed by atoms with van der Waals surface area (Å²) in [7, 11) is 0. The van der Waals surface area contributed by atoms with Gasteiger partial charge in [0, 0.05) is 16.6 Å². The van der Waals surface area contributed by atoms with Gasteiger partial charge in [0.05, 0.1) is 24.1 Å². The number of phenolic OH excluding ortho intramolecular Hbond substituents is 1. The average Bonchev–Trinajstić information content (AvgIpc) is 2.84. The minimum atomic E-state index is -0.307. The summed E-state index contributed by atoms with van der Waals surface area (Å²) in [5, 5.41) is 27.8. The first-order chi connectivity index (χ1) is 16.1. The molecule has 0 atom stereocenters. The Hall–Kier alpha value is -4.52. The van der Waals surface area contributed by atoms with Gasteiger partial charge in [0.25, 0.3) is 5.91 Å². The molecule has 4 aromatic rings. The summed E-state index contributed by atoms with van der Waals surface area (Å²) >= 11 is 0. The van der Waals surface area contributed by atoms with E-state index in [1.165, 1.54) is 12.3 Å². The van der Waals surface area contributed by atoms with Crippen molar-refractivity contribution in [2.24, 2.45) is 15.3 Å². The van der Waals surface area contributed by atoms with Crippen molar-refractivity contribution < 1.29 is 9.90 Å². The zero-order valence-corrected chi connectivity index (χ0v) is 18.1. The van der Waals surface area contributed by atoms with Crippen LogP contribution < -0.4 is 10.7 Å². The first kappa shape index (κ1) is 21.7. The van der Waals surface area contributed by atoms with Crippen LogP contribution in [0.2, 0.25) is 0 Å². The predicted octanol–water partition coefficient (Wildman–Crippen LogP) is 5.83. The largest absolute Gasteiger partial charge is 0.507 e. The van der Waals surface area contributed by atoms with Crippen LogP contribution >= 0.6 is 0 Å². The van der Waals surface area contributed by atoms with Crippen molar-refractivity contribution in [1.29, 1.82) is 0 Å². The number of hydrazone groups is 1. The number of carbonyl (C=O) groups is 1. The average molecular weight is 438 g/mol. The first-order valence-electron chi connectivity index (χ1n) is 10.4. The maximum absolute atomic E-state index is 12.0. The molecule has 164 valence electrons. The highest BCUT2D eigenvalue weighted by molar-refractivity contribution is 5.92. The van der Waals surface area contributed by atoms with E-state index in [0.29, 0.717) is 11.3 Å². The molecular formula is C26H23N5O2. The van der Waals surface area contributed by atoms with E-state index in [1.54, 1.807) is 12.1 Å². The van der Waals surface area contributed by atoms with Crippen LogP contribution in [0.3, 0.4) is 0 Å². The molecule has 33 heavy (non-hydrogen) atoms. The van der Waals surface area contributed by atoms with Gasteiger partial charge in [-0.1, -0.05) is 54.1 Å². The van der Waals surface area contributed by atoms with Gasteiger partial charge in [-0.3, -0.25) is 4.79 Å². The lowest BCUT2D eigenvalue weighted by Crippen LogP contribution is -2.25. The molecule has 7 nitrogen and oxygen atoms in total. The molecular weight excluding hydrogens is 414 g/mol. The number of anilines is 1. The minimum absolute atomic E-state index is 0.0230. The SMILES string of the molecule is Cc1ccc(NCC(=O)NN=Cc2cc(N=Nc3cccc4ccccc34)ccc2O)cc1. The van der Waals surface area contributed by atoms with E-state index in [9.17, 15) is 9.90 Å². The molecule has 4 aromatic carbocycles. The summed E-state index contributed by atoms with van der Waals surface area (Å²) in [6.45, 7) is 2.08. The van der Waals surface area contributed by atoms with Gasteiger partial charge in [-0.2, -0.15) is 10.2 Å². The third-order valence-corrected chi connectivity index (χ3v) is 4.95. The summed E-state index contributed by atoms with van der Waals surface area (Å²) in [6, 6.07) is 26.4. The smallest absolute Gasteiger partial charge is 0.259 e. The van der Waals surface area contributed by atoms with E-state index in [0.717, 1.165) is 27.7 Å². The fourth-order valence-electron chi connectivity index (χ4n) is 3.18. The number of fused-ring (bicyclic) bond motifs is 1. The highest BCUT2D eigenvalue weighted by Gasteiger charge is 2.03. The second-order valence-electron chi connectivity index (χ2n) is 7.45. The van der Waals surface area contributed by atoms with Crippen molar-refractivity contribution in [3.05, 3.63) is 96.1 Å². The van der Waals surface area contributed by atoms with Gasteiger partial charge in [0.15, 0.2) is 0 Å². The summed E-state index contributed by atoms with van der Waals surface area (Å²) in [4.78, 5) is 12.0. The molecule has 0 fully saturated rings. The Morgan fingerprint density at radius 2 is 1.73 bits per heavy atom. The maximum atomic E-state index is 12.0. The Kier molecular flexibility index (Phi) is 6.70. The van der Waals surface area contributed by atoms with Crippen molar-refractivity contribution in [3.63, 3.8) is 0 Å². The first-order valence-corrected chi connectivity index (χ1v) is 10.4. The zero-order chi connectivity index (χ0) is 23.0. The third kappa shape index (κ3) is 5.80. The van der Waals surface area contributed by atoms with E-state index in [-0.39, 0.29) is 18.2 Å². The molecule has 0 aliphatic heterocycles. The molecule has 1 amide bonds. The van der Waals surface area contributed by atoms with Crippen molar-refractivity contribution in [2.75, 3.05) is 11.9 Å². The molecule has 0 aromatic heterocycles. The minimum Gasteiger partial charge on any atom is -0.507 e. The van der Waals surface area contributed by atoms with E-state index in [1.807, 2.05) is 73.7 Å². The highest BCUT2D eigenvalue weighted by Crippen LogP contribution is 2.28.